The molecule has 1 amide bonds. The van der Waals surface area contributed by atoms with E-state index in [1.165, 1.54) is 11.3 Å². The lowest BCUT2D eigenvalue weighted by Crippen LogP contribution is -2.68. The van der Waals surface area contributed by atoms with Crippen molar-refractivity contribution in [3.8, 4) is 5.75 Å². The number of rotatable bonds is 3. The Kier molecular flexibility index (Phi) is 4.76. The Morgan fingerprint density at radius 3 is 2.94 bits per heavy atom. The summed E-state index contributed by atoms with van der Waals surface area (Å²) in [5.74, 6) is 0.692. The summed E-state index contributed by atoms with van der Waals surface area (Å²) < 4.78 is 12.0. The second kappa shape index (κ2) is 7.58. The molecular formula is C24H27N5O3S. The molecule has 2 aromatic heterocycles. The van der Waals surface area contributed by atoms with E-state index in [-0.39, 0.29) is 23.6 Å². The fourth-order valence-electron chi connectivity index (χ4n) is 5.03. The van der Waals surface area contributed by atoms with E-state index in [4.69, 9.17) is 20.9 Å². The number of fused-ring (bicyclic) bond motifs is 2. The van der Waals surface area contributed by atoms with E-state index >= 15 is 0 Å². The number of ether oxygens (including phenoxy) is 2. The second-order valence-corrected chi connectivity index (χ2v) is 10.3. The second-order valence-electron chi connectivity index (χ2n) is 9.29. The van der Waals surface area contributed by atoms with Gasteiger partial charge in [-0.2, -0.15) is 0 Å². The number of benzene rings is 1. The largest absolute Gasteiger partial charge is 0.491 e. The summed E-state index contributed by atoms with van der Waals surface area (Å²) in [4.78, 5) is 21.0. The van der Waals surface area contributed by atoms with Crippen molar-refractivity contribution in [1.82, 2.24) is 10.3 Å². The molecule has 2 atom stereocenters. The number of aromatic nitrogens is 1. The molecule has 172 valence electrons. The molecule has 3 aliphatic heterocycles. The Balaban J connectivity index is 1.13. The lowest BCUT2D eigenvalue weighted by Gasteiger charge is -2.50. The van der Waals surface area contributed by atoms with Gasteiger partial charge in [-0.3, -0.25) is 4.79 Å². The molecule has 3 aromatic rings. The van der Waals surface area contributed by atoms with Crippen LogP contribution in [0, 0.1) is 6.92 Å². The molecule has 1 spiro atoms. The van der Waals surface area contributed by atoms with Crippen LogP contribution < -0.4 is 26.4 Å². The van der Waals surface area contributed by atoms with E-state index in [1.54, 1.807) is 0 Å². The first kappa shape index (κ1) is 20.7. The van der Waals surface area contributed by atoms with E-state index in [9.17, 15) is 4.79 Å². The number of hydrogen-bond acceptors (Lipinski definition) is 8. The number of nitrogen functional groups attached to an aromatic ring is 1. The van der Waals surface area contributed by atoms with Gasteiger partial charge < -0.3 is 31.2 Å². The summed E-state index contributed by atoms with van der Waals surface area (Å²) >= 11 is 1.33. The van der Waals surface area contributed by atoms with Gasteiger partial charge in [0.25, 0.3) is 5.91 Å². The Hall–Kier alpha value is -2.88. The first-order chi connectivity index (χ1) is 15.9. The number of carbonyl (C=O) groups is 1. The van der Waals surface area contributed by atoms with Crippen LogP contribution in [0.25, 0.3) is 10.2 Å². The van der Waals surface area contributed by atoms with E-state index < -0.39 is 0 Å². The SMILES string of the molecule is Cc1ccc2c(N)c(C(=O)N[C@H]3COc4cc(N5CC6(C5)OCC[C@@H]6N)ccc4C3)sc2n1. The van der Waals surface area contributed by atoms with Crippen LogP contribution in [0.4, 0.5) is 11.4 Å². The van der Waals surface area contributed by atoms with E-state index in [1.807, 2.05) is 19.1 Å². The van der Waals surface area contributed by atoms with Crippen LogP contribution in [0.3, 0.4) is 0 Å². The minimum atomic E-state index is -0.186. The number of thiophene rings is 1. The number of pyridine rings is 1. The number of amides is 1. The Bertz CT molecular complexity index is 1250. The van der Waals surface area contributed by atoms with Crippen molar-refractivity contribution >= 4 is 38.8 Å². The van der Waals surface area contributed by atoms with Crippen molar-refractivity contribution in [3.63, 3.8) is 0 Å². The maximum absolute atomic E-state index is 12.9. The number of hydrogen-bond donors (Lipinski definition) is 3. The van der Waals surface area contributed by atoms with Gasteiger partial charge in [-0.05, 0) is 43.5 Å². The quantitative estimate of drug-likeness (QED) is 0.543. The third-order valence-electron chi connectivity index (χ3n) is 7.01. The number of nitrogens with one attached hydrogen (secondary N) is 1. The lowest BCUT2D eigenvalue weighted by molar-refractivity contribution is -0.0264. The molecule has 2 fully saturated rings. The molecule has 33 heavy (non-hydrogen) atoms. The van der Waals surface area contributed by atoms with Crippen molar-refractivity contribution in [3.05, 3.63) is 46.5 Å². The summed E-state index contributed by atoms with van der Waals surface area (Å²) in [6, 6.07) is 10.1. The fraction of sp³-hybridized carbons (Fsp3) is 0.417. The normalized spacial score (nSPS) is 23.3. The van der Waals surface area contributed by atoms with Crippen LogP contribution in [-0.2, 0) is 11.2 Å². The minimum absolute atomic E-state index is 0.113. The van der Waals surface area contributed by atoms with Crippen molar-refractivity contribution < 1.29 is 14.3 Å². The van der Waals surface area contributed by atoms with Gasteiger partial charge in [0.05, 0.1) is 24.8 Å². The third kappa shape index (κ3) is 3.42. The van der Waals surface area contributed by atoms with E-state index in [0.29, 0.717) is 23.6 Å². The van der Waals surface area contributed by atoms with Crippen molar-refractivity contribution in [1.29, 1.82) is 0 Å². The minimum Gasteiger partial charge on any atom is -0.491 e. The highest BCUT2D eigenvalue weighted by Gasteiger charge is 2.51. The molecule has 0 bridgehead atoms. The predicted octanol–water partition coefficient (Wildman–Crippen LogP) is 2.23. The molecule has 0 unspecified atom stereocenters. The first-order valence-corrected chi connectivity index (χ1v) is 12.1. The fourth-order valence-corrected chi connectivity index (χ4v) is 6.07. The molecule has 0 saturated carbocycles. The van der Waals surface area contributed by atoms with Gasteiger partial charge in [-0.25, -0.2) is 4.98 Å². The van der Waals surface area contributed by atoms with Crippen LogP contribution in [-0.4, -0.2) is 54.9 Å². The summed E-state index contributed by atoms with van der Waals surface area (Å²) in [7, 11) is 0. The van der Waals surface area contributed by atoms with Crippen molar-refractivity contribution in [2.45, 2.75) is 37.5 Å². The molecule has 5 heterocycles. The van der Waals surface area contributed by atoms with Crippen molar-refractivity contribution in [2.75, 3.05) is 36.9 Å². The highest BCUT2D eigenvalue weighted by molar-refractivity contribution is 7.21. The summed E-state index contributed by atoms with van der Waals surface area (Å²) in [6.45, 7) is 4.73. The number of carbonyl (C=O) groups excluding carboxylic acids is 1. The summed E-state index contributed by atoms with van der Waals surface area (Å²) in [5, 5.41) is 3.91. The third-order valence-corrected chi connectivity index (χ3v) is 8.12. The highest BCUT2D eigenvalue weighted by atomic mass is 32.1. The molecule has 5 N–H and O–H groups in total. The monoisotopic (exact) mass is 465 g/mol. The molecule has 6 rings (SSSR count). The van der Waals surface area contributed by atoms with Crippen LogP contribution in [0.15, 0.2) is 30.3 Å². The van der Waals surface area contributed by atoms with Gasteiger partial charge in [-0.1, -0.05) is 6.07 Å². The molecule has 2 saturated heterocycles. The Labute approximate surface area is 195 Å². The van der Waals surface area contributed by atoms with Gasteiger partial charge >= 0.3 is 0 Å². The molecule has 0 radical (unpaired) electrons. The van der Waals surface area contributed by atoms with Gasteiger partial charge in [0, 0.05) is 35.5 Å². The van der Waals surface area contributed by atoms with E-state index in [2.05, 4.69) is 33.4 Å². The molecule has 9 heteroatoms. The molecule has 8 nitrogen and oxygen atoms in total. The van der Waals surface area contributed by atoms with E-state index in [0.717, 1.165) is 59.0 Å². The molecule has 0 aliphatic carbocycles. The number of anilines is 2. The van der Waals surface area contributed by atoms with Crippen LogP contribution in [0.2, 0.25) is 0 Å². The maximum atomic E-state index is 12.9. The van der Waals surface area contributed by atoms with Gasteiger partial charge in [0.15, 0.2) is 0 Å². The van der Waals surface area contributed by atoms with Crippen LogP contribution in [0.5, 0.6) is 5.75 Å². The molecular weight excluding hydrogens is 438 g/mol. The Morgan fingerprint density at radius 2 is 2.15 bits per heavy atom. The van der Waals surface area contributed by atoms with Crippen molar-refractivity contribution in [2.24, 2.45) is 5.73 Å². The zero-order chi connectivity index (χ0) is 22.7. The molecule has 1 aromatic carbocycles. The summed E-state index contributed by atoms with van der Waals surface area (Å²) in [6.07, 6.45) is 1.64. The predicted molar refractivity (Wildman–Crippen MR) is 129 cm³/mol. The highest BCUT2D eigenvalue weighted by Crippen LogP contribution is 2.39. The lowest BCUT2D eigenvalue weighted by atomic mass is 9.86. The Morgan fingerprint density at radius 1 is 1.30 bits per heavy atom. The van der Waals surface area contributed by atoms with Crippen LogP contribution in [0.1, 0.15) is 27.3 Å². The van der Waals surface area contributed by atoms with Gasteiger partial charge in [0.1, 0.15) is 27.7 Å². The number of nitrogens with two attached hydrogens (primary N) is 2. The van der Waals surface area contributed by atoms with Gasteiger partial charge in [0.2, 0.25) is 0 Å². The molecule has 3 aliphatic rings. The van der Waals surface area contributed by atoms with Crippen LogP contribution >= 0.6 is 11.3 Å². The average molecular weight is 466 g/mol. The number of aryl methyl sites for hydroxylation is 1. The topological polar surface area (TPSA) is 116 Å². The smallest absolute Gasteiger partial charge is 0.263 e. The summed E-state index contributed by atoms with van der Waals surface area (Å²) in [5.41, 5.74) is 15.9. The maximum Gasteiger partial charge on any atom is 0.263 e. The zero-order valence-corrected chi connectivity index (χ0v) is 19.3. The number of nitrogens with zero attached hydrogens (tertiary/aromatic N) is 2. The first-order valence-electron chi connectivity index (χ1n) is 11.3. The average Bonchev–Trinajstić information content (AvgIpc) is 3.32. The van der Waals surface area contributed by atoms with Gasteiger partial charge in [-0.15, -0.1) is 11.3 Å². The standard InChI is InChI=1S/C24H27N5O3S/c1-13-2-5-17-20(26)21(33-23(17)27-13)22(30)28-15-8-14-3-4-16(9-18(14)31-10-15)29-11-24(12-29)19(25)6-7-32-24/h2-5,9,15,19H,6-8,10-12,25-26H2,1H3,(H,28,30)/t15-,19+/m1/s1. The zero-order valence-electron chi connectivity index (χ0n) is 18.5.